The van der Waals surface area contributed by atoms with Crippen molar-refractivity contribution in [2.75, 3.05) is 13.7 Å². The van der Waals surface area contributed by atoms with E-state index in [1.807, 2.05) is 0 Å². The fourth-order valence-corrected chi connectivity index (χ4v) is 2.25. The molecule has 0 saturated heterocycles. The molecule has 1 aromatic carbocycles. The first-order chi connectivity index (χ1) is 8.56. The number of rotatable bonds is 7. The van der Waals surface area contributed by atoms with Gasteiger partial charge in [0, 0.05) is 24.8 Å². The molecule has 0 radical (unpaired) electrons. The lowest BCUT2D eigenvalue weighted by Gasteiger charge is -2.20. The number of benzene rings is 1. The molecule has 0 saturated carbocycles. The second-order valence-electron chi connectivity index (χ2n) is 4.60. The van der Waals surface area contributed by atoms with Crippen molar-refractivity contribution in [2.45, 2.75) is 25.8 Å². The minimum Gasteiger partial charge on any atom is -0.384 e. The molecule has 1 rings (SSSR count). The largest absolute Gasteiger partial charge is 0.384 e. The molecule has 0 aliphatic heterocycles. The van der Waals surface area contributed by atoms with Crippen LogP contribution in [0.4, 0.5) is 4.39 Å². The van der Waals surface area contributed by atoms with E-state index in [1.54, 1.807) is 13.2 Å². The molecule has 2 atom stereocenters. The molecule has 18 heavy (non-hydrogen) atoms. The molecule has 5 heteroatoms. The van der Waals surface area contributed by atoms with Gasteiger partial charge in [-0.3, -0.25) is 11.3 Å². The van der Waals surface area contributed by atoms with Crippen molar-refractivity contribution in [1.29, 1.82) is 0 Å². The second kappa shape index (κ2) is 7.69. The Morgan fingerprint density at radius 1 is 1.50 bits per heavy atom. The summed E-state index contributed by atoms with van der Waals surface area (Å²) in [6.07, 6.45) is 1.54. The lowest BCUT2D eigenvalue weighted by molar-refractivity contribution is 0.149. The minimum absolute atomic E-state index is 0.0955. The molecule has 0 amide bonds. The van der Waals surface area contributed by atoms with E-state index in [4.69, 9.17) is 22.2 Å². The molecule has 0 aliphatic carbocycles. The van der Waals surface area contributed by atoms with Crippen LogP contribution in [0.25, 0.3) is 0 Å². The van der Waals surface area contributed by atoms with Gasteiger partial charge in [-0.2, -0.15) is 0 Å². The summed E-state index contributed by atoms with van der Waals surface area (Å²) < 4.78 is 18.0. The van der Waals surface area contributed by atoms with Crippen LogP contribution >= 0.6 is 11.6 Å². The number of nitrogens with two attached hydrogens (primary N) is 1. The molecule has 3 N–H and O–H groups in total. The highest BCUT2D eigenvalue weighted by Gasteiger charge is 2.14. The zero-order valence-electron chi connectivity index (χ0n) is 10.7. The average Bonchev–Trinajstić information content (AvgIpc) is 2.31. The van der Waals surface area contributed by atoms with Crippen LogP contribution in [0.2, 0.25) is 5.02 Å². The van der Waals surface area contributed by atoms with E-state index in [9.17, 15) is 4.39 Å². The molecule has 0 aromatic heterocycles. The molecule has 0 fully saturated rings. The number of nitrogens with one attached hydrogen (secondary N) is 1. The van der Waals surface area contributed by atoms with Crippen molar-refractivity contribution in [3.05, 3.63) is 34.6 Å². The van der Waals surface area contributed by atoms with Crippen molar-refractivity contribution in [3.63, 3.8) is 0 Å². The number of ether oxygens (including phenoxy) is 1. The number of hydrazine groups is 1. The third-order valence-electron chi connectivity index (χ3n) is 2.86. The van der Waals surface area contributed by atoms with Crippen molar-refractivity contribution in [2.24, 2.45) is 11.8 Å². The fraction of sp³-hybridized carbons (Fsp3) is 0.538. The molecule has 1 aromatic rings. The van der Waals surface area contributed by atoms with Crippen LogP contribution in [0.1, 0.15) is 18.9 Å². The molecular formula is C13H20ClFN2O. The van der Waals surface area contributed by atoms with Crippen LogP contribution in [-0.4, -0.2) is 19.8 Å². The number of methoxy groups -OCH3 is 1. The number of halogens is 2. The summed E-state index contributed by atoms with van der Waals surface area (Å²) in [5.74, 6) is 5.61. The normalized spacial score (nSPS) is 14.5. The molecule has 3 nitrogen and oxygen atoms in total. The van der Waals surface area contributed by atoms with Gasteiger partial charge in [0.25, 0.3) is 0 Å². The Labute approximate surface area is 112 Å². The summed E-state index contributed by atoms with van der Waals surface area (Å²) in [6, 6.07) is 4.53. The SMILES string of the molecule is COCC(C)CC(Cc1ccc(F)cc1Cl)NN. The smallest absolute Gasteiger partial charge is 0.124 e. The predicted octanol–water partition coefficient (Wildman–Crippen LogP) is 2.53. The topological polar surface area (TPSA) is 47.3 Å². The van der Waals surface area contributed by atoms with Crippen LogP contribution in [0, 0.1) is 11.7 Å². The lowest BCUT2D eigenvalue weighted by Crippen LogP contribution is -2.38. The highest BCUT2D eigenvalue weighted by molar-refractivity contribution is 6.31. The van der Waals surface area contributed by atoms with Crippen molar-refractivity contribution < 1.29 is 9.13 Å². The minimum atomic E-state index is -0.325. The van der Waals surface area contributed by atoms with Crippen LogP contribution < -0.4 is 11.3 Å². The van der Waals surface area contributed by atoms with E-state index >= 15 is 0 Å². The van der Waals surface area contributed by atoms with Crippen LogP contribution in [-0.2, 0) is 11.2 Å². The van der Waals surface area contributed by atoms with Crippen LogP contribution in [0.5, 0.6) is 0 Å². The first kappa shape index (κ1) is 15.4. The van der Waals surface area contributed by atoms with Gasteiger partial charge in [-0.1, -0.05) is 24.6 Å². The monoisotopic (exact) mass is 274 g/mol. The van der Waals surface area contributed by atoms with Gasteiger partial charge in [0.1, 0.15) is 5.82 Å². The van der Waals surface area contributed by atoms with Gasteiger partial charge < -0.3 is 4.74 Å². The van der Waals surface area contributed by atoms with Crippen molar-refractivity contribution >= 4 is 11.6 Å². The van der Waals surface area contributed by atoms with Gasteiger partial charge in [0.2, 0.25) is 0 Å². The van der Waals surface area contributed by atoms with E-state index in [0.29, 0.717) is 24.0 Å². The standard InChI is InChI=1S/C13H20ClFN2O/c1-9(8-18-2)5-12(17-16)6-10-3-4-11(15)7-13(10)14/h3-4,7,9,12,17H,5-6,8,16H2,1-2H3. The average molecular weight is 275 g/mol. The second-order valence-corrected chi connectivity index (χ2v) is 5.01. The Morgan fingerprint density at radius 3 is 2.78 bits per heavy atom. The molecule has 102 valence electrons. The summed E-state index contributed by atoms with van der Waals surface area (Å²) in [7, 11) is 1.68. The summed E-state index contributed by atoms with van der Waals surface area (Å²) in [4.78, 5) is 0. The van der Waals surface area contributed by atoms with Gasteiger partial charge in [-0.25, -0.2) is 4.39 Å². The molecule has 0 bridgehead atoms. The molecular weight excluding hydrogens is 255 g/mol. The molecule has 0 aliphatic rings. The highest BCUT2D eigenvalue weighted by atomic mass is 35.5. The van der Waals surface area contributed by atoms with E-state index in [1.165, 1.54) is 12.1 Å². The Balaban J connectivity index is 2.62. The first-order valence-electron chi connectivity index (χ1n) is 5.95. The predicted molar refractivity (Wildman–Crippen MR) is 71.9 cm³/mol. The lowest BCUT2D eigenvalue weighted by atomic mass is 9.97. The van der Waals surface area contributed by atoms with Crippen LogP contribution in [0.15, 0.2) is 18.2 Å². The maximum Gasteiger partial charge on any atom is 0.124 e. The first-order valence-corrected chi connectivity index (χ1v) is 6.33. The summed E-state index contributed by atoms with van der Waals surface area (Å²) in [6.45, 7) is 2.79. The number of hydrogen-bond donors (Lipinski definition) is 2. The quantitative estimate of drug-likeness (QED) is 0.593. The summed E-state index contributed by atoms with van der Waals surface area (Å²) >= 11 is 5.99. The van der Waals surface area contributed by atoms with Crippen molar-refractivity contribution in [3.8, 4) is 0 Å². The number of hydrogen-bond acceptors (Lipinski definition) is 3. The van der Waals surface area contributed by atoms with Gasteiger partial charge >= 0.3 is 0 Å². The van der Waals surface area contributed by atoms with Gasteiger partial charge in [0.15, 0.2) is 0 Å². The third-order valence-corrected chi connectivity index (χ3v) is 3.21. The molecule has 0 heterocycles. The Bertz CT molecular complexity index is 376. The van der Waals surface area contributed by atoms with E-state index in [0.717, 1.165) is 12.0 Å². The zero-order valence-corrected chi connectivity index (χ0v) is 11.5. The zero-order chi connectivity index (χ0) is 13.5. The maximum atomic E-state index is 12.9. The Kier molecular flexibility index (Phi) is 6.57. The van der Waals surface area contributed by atoms with Gasteiger partial charge in [-0.15, -0.1) is 0 Å². The Morgan fingerprint density at radius 2 is 2.22 bits per heavy atom. The summed E-state index contributed by atoms with van der Waals surface area (Å²) in [5, 5.41) is 0.439. The highest BCUT2D eigenvalue weighted by Crippen LogP contribution is 2.20. The van der Waals surface area contributed by atoms with E-state index in [-0.39, 0.29) is 11.9 Å². The van der Waals surface area contributed by atoms with Crippen molar-refractivity contribution in [1.82, 2.24) is 5.43 Å². The third kappa shape index (κ3) is 4.90. The molecule has 0 spiro atoms. The summed E-state index contributed by atoms with van der Waals surface area (Å²) in [5.41, 5.74) is 3.67. The van der Waals surface area contributed by atoms with Crippen LogP contribution in [0.3, 0.4) is 0 Å². The van der Waals surface area contributed by atoms with Gasteiger partial charge in [-0.05, 0) is 36.5 Å². The fourth-order valence-electron chi connectivity index (χ4n) is 2.00. The van der Waals surface area contributed by atoms with E-state index in [2.05, 4.69) is 12.3 Å². The molecule has 2 unspecified atom stereocenters. The van der Waals surface area contributed by atoms with E-state index < -0.39 is 0 Å². The maximum absolute atomic E-state index is 12.9. The Hall–Kier alpha value is -0.680. The van der Waals surface area contributed by atoms with Gasteiger partial charge in [0.05, 0.1) is 0 Å².